The normalized spacial score (nSPS) is 6.00. The topological polar surface area (TPSA) is 0 Å². The third-order valence-corrected chi connectivity index (χ3v) is 0. The van der Waals surface area contributed by atoms with Gasteiger partial charge in [-0.15, -0.1) is 7.92 Å². The predicted molar refractivity (Wildman–Crippen MR) is 24.7 cm³/mol. The molecule has 0 nitrogen and oxygen atoms in total. The van der Waals surface area contributed by atoms with Crippen LogP contribution in [0.15, 0.2) is 0 Å². The van der Waals surface area contributed by atoms with Gasteiger partial charge in [0.25, 0.3) is 0 Å². The molecule has 0 rings (SSSR count). The molecule has 0 atom stereocenters. The van der Waals surface area contributed by atoms with E-state index in [0.717, 1.165) is 0 Å². The average Bonchev–Trinajstić information content (AvgIpc) is 0.811. The maximum absolute atomic E-state index is 2.23. The van der Waals surface area contributed by atoms with Gasteiger partial charge in [-0.3, -0.25) is 0 Å². The van der Waals surface area contributed by atoms with Crippen molar-refractivity contribution in [3.8, 4) is 0 Å². The second-order valence-corrected chi connectivity index (χ2v) is 4.02. The predicted octanol–water partition coefficient (Wildman–Crippen LogP) is -1.64. The van der Waals surface area contributed by atoms with Gasteiger partial charge in [0.1, 0.15) is 0 Å². The number of hydrogen-bond donors (Lipinski definition) is 0. The fourth-order valence-electron chi connectivity index (χ4n) is 0. The van der Waals surface area contributed by atoms with Gasteiger partial charge in [-0.25, -0.2) is 0 Å². The molecule has 0 heterocycles. The fraction of sp³-hybridized carbons (Fsp3) is 1.00. The van der Waals surface area contributed by atoms with E-state index in [2.05, 4.69) is 20.0 Å². The summed E-state index contributed by atoms with van der Waals surface area (Å²) in [4.78, 5) is 0. The summed E-state index contributed by atoms with van der Waals surface area (Å²) >= 11 is 0. The minimum Gasteiger partial charge on any atom is -1.00 e. The van der Waals surface area contributed by atoms with Crippen LogP contribution in [0.3, 0.4) is 0 Å². The summed E-state index contributed by atoms with van der Waals surface area (Å²) in [5.41, 5.74) is 0. The summed E-state index contributed by atoms with van der Waals surface area (Å²) in [6.07, 6.45) is 0. The van der Waals surface area contributed by atoms with Crippen molar-refractivity contribution in [2.75, 3.05) is 20.0 Å². The molecule has 0 amide bonds. The molecule has 0 aromatic heterocycles. The maximum atomic E-state index is 2.23. The minimum atomic E-state index is 0. The fourth-order valence-corrected chi connectivity index (χ4v) is 0. The van der Waals surface area contributed by atoms with E-state index < -0.39 is 0 Å². The van der Waals surface area contributed by atoms with Crippen LogP contribution in [0, 0.1) is 0 Å². The summed E-state index contributed by atoms with van der Waals surface area (Å²) in [5.74, 6) is 0. The average molecular weight is 219 g/mol. The van der Waals surface area contributed by atoms with E-state index in [4.69, 9.17) is 0 Å². The second-order valence-electron chi connectivity index (χ2n) is 1.34. The standard InChI is InChI=1S/C3H9P.Ag.ClH/c1-4(2)3;;/h1-3H3;;1H/q;+1;/p-1. The Morgan fingerprint density at radius 2 is 1.00 bits per heavy atom. The van der Waals surface area contributed by atoms with Crippen LogP contribution in [0.25, 0.3) is 0 Å². The minimum absolute atomic E-state index is 0. The van der Waals surface area contributed by atoms with Crippen LogP contribution in [-0.2, 0) is 22.4 Å². The first-order chi connectivity index (χ1) is 1.73. The van der Waals surface area contributed by atoms with Crippen molar-refractivity contribution in [1.82, 2.24) is 0 Å². The molecule has 0 unspecified atom stereocenters. The molecule has 0 aliphatic carbocycles. The van der Waals surface area contributed by atoms with E-state index in [1.807, 2.05) is 0 Å². The first-order valence-electron chi connectivity index (χ1n) is 1.34. The van der Waals surface area contributed by atoms with Crippen LogP contribution in [-0.4, -0.2) is 20.0 Å². The number of rotatable bonds is 0. The quantitative estimate of drug-likeness (QED) is 0.339. The summed E-state index contributed by atoms with van der Waals surface area (Å²) < 4.78 is 0. The van der Waals surface area contributed by atoms with Gasteiger partial charge < -0.3 is 12.4 Å². The molecule has 0 aromatic rings. The second kappa shape index (κ2) is 9.68. The smallest absolute Gasteiger partial charge is 1.00 e. The van der Waals surface area contributed by atoms with Gasteiger partial charge in [-0.1, -0.05) is 0 Å². The Bertz CT molecular complexity index is 15.5. The van der Waals surface area contributed by atoms with Crippen molar-refractivity contribution in [2.45, 2.75) is 0 Å². The molecule has 0 aliphatic heterocycles. The Hall–Kier alpha value is 1.46. The van der Waals surface area contributed by atoms with Crippen LogP contribution in [0.4, 0.5) is 0 Å². The van der Waals surface area contributed by atoms with Crippen molar-refractivity contribution < 1.29 is 34.8 Å². The van der Waals surface area contributed by atoms with Crippen LogP contribution in [0.2, 0.25) is 0 Å². The van der Waals surface area contributed by atoms with E-state index in [9.17, 15) is 0 Å². The Morgan fingerprint density at radius 1 is 1.00 bits per heavy atom. The maximum Gasteiger partial charge on any atom is 1.00 e. The van der Waals surface area contributed by atoms with Crippen molar-refractivity contribution in [3.63, 3.8) is 0 Å². The SMILES string of the molecule is CP(C)C.[Ag+].[Cl-]. The van der Waals surface area contributed by atoms with Gasteiger partial charge in [0, 0.05) is 0 Å². The zero-order valence-electron chi connectivity index (χ0n) is 4.13. The van der Waals surface area contributed by atoms with Crippen molar-refractivity contribution in [1.29, 1.82) is 0 Å². The first kappa shape index (κ1) is 15.7. The molecule has 3 heteroatoms. The zero-order chi connectivity index (χ0) is 3.58. The van der Waals surface area contributed by atoms with Gasteiger partial charge >= 0.3 is 22.4 Å². The van der Waals surface area contributed by atoms with Crippen molar-refractivity contribution in [3.05, 3.63) is 0 Å². The molecule has 0 aromatic carbocycles. The van der Waals surface area contributed by atoms with E-state index in [1.54, 1.807) is 0 Å². The van der Waals surface area contributed by atoms with Gasteiger partial charge in [0.2, 0.25) is 0 Å². The zero-order valence-corrected chi connectivity index (χ0v) is 7.26. The molecule has 0 saturated heterocycles. The van der Waals surface area contributed by atoms with Gasteiger partial charge in [0.15, 0.2) is 0 Å². The molecule has 44 valence electrons. The van der Waals surface area contributed by atoms with Gasteiger partial charge in [-0.05, 0) is 20.0 Å². The molecule has 0 bridgehead atoms. The monoisotopic (exact) mass is 218 g/mol. The molecule has 0 N–H and O–H groups in total. The molecular formula is C3H9AgClP. The molecular weight excluding hydrogens is 210 g/mol. The van der Waals surface area contributed by atoms with Crippen LogP contribution in [0.1, 0.15) is 0 Å². The third-order valence-electron chi connectivity index (χ3n) is 0. The van der Waals surface area contributed by atoms with E-state index in [0.29, 0.717) is 7.92 Å². The molecule has 6 heavy (non-hydrogen) atoms. The Morgan fingerprint density at radius 3 is 1.00 bits per heavy atom. The van der Waals surface area contributed by atoms with E-state index in [1.165, 1.54) is 0 Å². The summed E-state index contributed by atoms with van der Waals surface area (Å²) in [5, 5.41) is 0. The summed E-state index contributed by atoms with van der Waals surface area (Å²) in [6, 6.07) is 0. The van der Waals surface area contributed by atoms with Crippen molar-refractivity contribution in [2.24, 2.45) is 0 Å². The number of halogens is 1. The molecule has 0 aliphatic rings. The summed E-state index contributed by atoms with van der Waals surface area (Å²) in [7, 11) is 0.380. The Balaban J connectivity index is -0.0000000450. The van der Waals surface area contributed by atoms with Crippen molar-refractivity contribution >= 4 is 7.92 Å². The Labute approximate surface area is 62.8 Å². The molecule has 0 spiro atoms. The molecule has 0 saturated carbocycles. The largest absolute Gasteiger partial charge is 1.00 e. The first-order valence-corrected chi connectivity index (χ1v) is 4.02. The van der Waals surface area contributed by atoms with Crippen LogP contribution >= 0.6 is 7.92 Å². The van der Waals surface area contributed by atoms with Crippen LogP contribution < -0.4 is 12.4 Å². The summed E-state index contributed by atoms with van der Waals surface area (Å²) in [6.45, 7) is 6.69. The van der Waals surface area contributed by atoms with Crippen LogP contribution in [0.5, 0.6) is 0 Å². The number of hydrogen-bond acceptors (Lipinski definition) is 0. The third kappa shape index (κ3) is 50.9. The van der Waals surface area contributed by atoms with Gasteiger partial charge in [-0.2, -0.15) is 0 Å². The van der Waals surface area contributed by atoms with E-state index >= 15 is 0 Å². The van der Waals surface area contributed by atoms with E-state index in [-0.39, 0.29) is 34.8 Å². The van der Waals surface area contributed by atoms with Gasteiger partial charge in [0.05, 0.1) is 0 Å². The molecule has 0 fully saturated rings. The molecule has 0 radical (unpaired) electrons. The Kier molecular flexibility index (Phi) is 25.3.